The number of esters is 1. The maximum atomic E-state index is 12.8. The van der Waals surface area contributed by atoms with Crippen molar-refractivity contribution in [2.24, 2.45) is 5.92 Å². The fourth-order valence-corrected chi connectivity index (χ4v) is 4.26. The number of aromatic nitrogens is 1. The van der Waals surface area contributed by atoms with Crippen LogP contribution in [0, 0.1) is 5.92 Å². The van der Waals surface area contributed by atoms with Crippen molar-refractivity contribution in [2.75, 3.05) is 13.7 Å². The average Bonchev–Trinajstić information content (AvgIpc) is 3.24. The van der Waals surface area contributed by atoms with Gasteiger partial charge >= 0.3 is 12.0 Å². The summed E-state index contributed by atoms with van der Waals surface area (Å²) in [6, 6.07) is 7.08. The van der Waals surface area contributed by atoms with Gasteiger partial charge in [0.1, 0.15) is 11.0 Å². The lowest BCUT2D eigenvalue weighted by Crippen LogP contribution is -2.50. The SMILES string of the molecule is COC(=O)C(NC(=O)N1CCCC1c1nc2ccccc2s1)C(C)C. The molecule has 25 heavy (non-hydrogen) atoms. The van der Waals surface area contributed by atoms with Crippen LogP contribution in [0.1, 0.15) is 37.7 Å². The van der Waals surface area contributed by atoms with Crippen molar-refractivity contribution in [3.63, 3.8) is 0 Å². The Morgan fingerprint density at radius 2 is 2.12 bits per heavy atom. The lowest BCUT2D eigenvalue weighted by atomic mass is 10.1. The van der Waals surface area contributed by atoms with Gasteiger partial charge in [0.15, 0.2) is 0 Å². The number of nitrogens with zero attached hydrogens (tertiary/aromatic N) is 2. The summed E-state index contributed by atoms with van der Waals surface area (Å²) in [5.41, 5.74) is 0.962. The molecule has 1 N–H and O–H groups in total. The largest absolute Gasteiger partial charge is 0.467 e. The number of thiazole rings is 1. The number of hydrogen-bond acceptors (Lipinski definition) is 5. The molecule has 0 spiro atoms. The van der Waals surface area contributed by atoms with Crippen LogP contribution >= 0.6 is 11.3 Å². The van der Waals surface area contributed by atoms with Crippen LogP contribution in [-0.2, 0) is 9.53 Å². The van der Waals surface area contributed by atoms with Crippen LogP contribution in [0.5, 0.6) is 0 Å². The Morgan fingerprint density at radius 1 is 1.36 bits per heavy atom. The van der Waals surface area contributed by atoms with Crippen molar-refractivity contribution >= 4 is 33.6 Å². The van der Waals surface area contributed by atoms with Crippen LogP contribution < -0.4 is 5.32 Å². The number of nitrogens with one attached hydrogen (secondary N) is 1. The van der Waals surface area contributed by atoms with E-state index in [1.165, 1.54) is 7.11 Å². The highest BCUT2D eigenvalue weighted by Gasteiger charge is 2.35. The molecule has 2 heterocycles. The van der Waals surface area contributed by atoms with E-state index >= 15 is 0 Å². The van der Waals surface area contributed by atoms with Crippen LogP contribution in [0.15, 0.2) is 24.3 Å². The van der Waals surface area contributed by atoms with Gasteiger partial charge in [-0.15, -0.1) is 11.3 Å². The minimum Gasteiger partial charge on any atom is -0.467 e. The molecule has 2 atom stereocenters. The molecule has 1 aliphatic heterocycles. The molecule has 0 radical (unpaired) electrons. The number of carbonyl (C=O) groups is 2. The van der Waals surface area contributed by atoms with Gasteiger partial charge < -0.3 is 15.0 Å². The van der Waals surface area contributed by atoms with E-state index in [1.54, 1.807) is 16.2 Å². The predicted octanol–water partition coefficient (Wildman–Crippen LogP) is 3.34. The number of fused-ring (bicyclic) bond motifs is 1. The van der Waals surface area contributed by atoms with Crippen molar-refractivity contribution in [3.8, 4) is 0 Å². The maximum Gasteiger partial charge on any atom is 0.328 e. The van der Waals surface area contributed by atoms with Gasteiger partial charge in [-0.05, 0) is 30.9 Å². The van der Waals surface area contributed by atoms with Crippen LogP contribution in [0.25, 0.3) is 10.2 Å². The van der Waals surface area contributed by atoms with Gasteiger partial charge in [-0.2, -0.15) is 0 Å². The molecule has 0 saturated carbocycles. The number of likely N-dealkylation sites (tertiary alicyclic amines) is 1. The Kier molecular flexibility index (Phi) is 5.22. The van der Waals surface area contributed by atoms with Crippen LogP contribution in [0.3, 0.4) is 0 Å². The summed E-state index contributed by atoms with van der Waals surface area (Å²) in [6.45, 7) is 4.44. The molecule has 2 aromatic rings. The molecule has 1 fully saturated rings. The van der Waals surface area contributed by atoms with Gasteiger partial charge in [0.2, 0.25) is 0 Å². The van der Waals surface area contributed by atoms with E-state index in [4.69, 9.17) is 9.72 Å². The number of hydrogen-bond donors (Lipinski definition) is 1. The molecule has 7 heteroatoms. The number of rotatable bonds is 4. The van der Waals surface area contributed by atoms with Gasteiger partial charge in [0, 0.05) is 6.54 Å². The van der Waals surface area contributed by atoms with E-state index < -0.39 is 12.0 Å². The third kappa shape index (κ3) is 3.61. The first-order valence-corrected chi connectivity index (χ1v) is 9.33. The van der Waals surface area contributed by atoms with Gasteiger partial charge in [0.05, 0.1) is 23.4 Å². The molecule has 3 rings (SSSR count). The number of benzene rings is 1. The highest BCUT2D eigenvalue weighted by Crippen LogP contribution is 2.36. The Morgan fingerprint density at radius 3 is 2.80 bits per heavy atom. The molecular weight excluding hydrogens is 338 g/mol. The summed E-state index contributed by atoms with van der Waals surface area (Å²) in [5.74, 6) is -0.459. The molecule has 2 amide bonds. The minimum atomic E-state index is -0.644. The highest BCUT2D eigenvalue weighted by atomic mass is 32.1. The molecule has 1 aromatic carbocycles. The van der Waals surface area contributed by atoms with E-state index in [2.05, 4.69) is 5.32 Å². The predicted molar refractivity (Wildman–Crippen MR) is 97.5 cm³/mol. The lowest BCUT2D eigenvalue weighted by molar-refractivity contribution is -0.144. The van der Waals surface area contributed by atoms with Gasteiger partial charge in [0.25, 0.3) is 0 Å². The summed E-state index contributed by atoms with van der Waals surface area (Å²) >= 11 is 1.63. The minimum absolute atomic E-state index is 0.0390. The van der Waals surface area contributed by atoms with Gasteiger partial charge in [-0.25, -0.2) is 14.6 Å². The maximum absolute atomic E-state index is 12.8. The summed E-state index contributed by atoms with van der Waals surface area (Å²) in [6.07, 6.45) is 1.82. The van der Waals surface area contributed by atoms with Crippen molar-refractivity contribution in [2.45, 2.75) is 38.8 Å². The molecule has 1 aliphatic rings. The van der Waals surface area contributed by atoms with E-state index in [0.717, 1.165) is 28.1 Å². The Balaban J connectivity index is 1.78. The van der Waals surface area contributed by atoms with E-state index in [0.29, 0.717) is 6.54 Å². The Hall–Kier alpha value is -2.15. The van der Waals surface area contributed by atoms with E-state index in [1.807, 2.05) is 38.1 Å². The first kappa shape index (κ1) is 17.7. The topological polar surface area (TPSA) is 71.5 Å². The molecule has 0 aliphatic carbocycles. The number of urea groups is 1. The standard InChI is InChI=1S/C18H23N3O3S/c1-11(2)15(17(22)24-3)20-18(23)21-10-6-8-13(21)16-19-12-7-4-5-9-14(12)25-16/h4-5,7,9,11,13,15H,6,8,10H2,1-3H3,(H,20,23). The highest BCUT2D eigenvalue weighted by molar-refractivity contribution is 7.18. The second-order valence-electron chi connectivity index (χ2n) is 6.57. The smallest absolute Gasteiger partial charge is 0.328 e. The fourth-order valence-electron chi connectivity index (χ4n) is 3.14. The summed E-state index contributed by atoms with van der Waals surface area (Å²) in [7, 11) is 1.34. The third-order valence-electron chi connectivity index (χ3n) is 4.51. The Labute approximate surface area is 151 Å². The monoisotopic (exact) mass is 361 g/mol. The van der Waals surface area contributed by atoms with Crippen LogP contribution in [0.4, 0.5) is 4.79 Å². The van der Waals surface area contributed by atoms with E-state index in [9.17, 15) is 9.59 Å². The lowest BCUT2D eigenvalue weighted by Gasteiger charge is -2.27. The Bertz CT molecular complexity index is 741. The number of para-hydroxylation sites is 1. The van der Waals surface area contributed by atoms with Gasteiger partial charge in [-0.1, -0.05) is 26.0 Å². The second-order valence-corrected chi connectivity index (χ2v) is 7.63. The van der Waals surface area contributed by atoms with Crippen LogP contribution in [0.2, 0.25) is 0 Å². The molecule has 1 saturated heterocycles. The average molecular weight is 361 g/mol. The van der Waals surface area contributed by atoms with Crippen LogP contribution in [-0.4, -0.2) is 41.6 Å². The first-order valence-electron chi connectivity index (χ1n) is 8.51. The molecular formula is C18H23N3O3S. The van der Waals surface area contributed by atoms with Crippen molar-refractivity contribution in [3.05, 3.63) is 29.3 Å². The van der Waals surface area contributed by atoms with Gasteiger partial charge in [-0.3, -0.25) is 0 Å². The molecule has 1 aromatic heterocycles. The zero-order valence-corrected chi connectivity index (χ0v) is 15.5. The summed E-state index contributed by atoms with van der Waals surface area (Å²) < 4.78 is 5.93. The van der Waals surface area contributed by atoms with Crippen molar-refractivity contribution in [1.82, 2.24) is 15.2 Å². The first-order chi connectivity index (χ1) is 12.0. The fraction of sp³-hybridized carbons (Fsp3) is 0.500. The second kappa shape index (κ2) is 7.39. The number of carbonyl (C=O) groups excluding carboxylic acids is 2. The molecule has 6 nitrogen and oxygen atoms in total. The zero-order valence-electron chi connectivity index (χ0n) is 14.7. The summed E-state index contributed by atoms with van der Waals surface area (Å²) in [5, 5.41) is 3.78. The molecule has 0 bridgehead atoms. The van der Waals surface area contributed by atoms with Crippen molar-refractivity contribution in [1.29, 1.82) is 0 Å². The number of ether oxygens (including phenoxy) is 1. The zero-order chi connectivity index (χ0) is 18.0. The third-order valence-corrected chi connectivity index (χ3v) is 5.65. The van der Waals surface area contributed by atoms with Crippen molar-refractivity contribution < 1.29 is 14.3 Å². The summed E-state index contributed by atoms with van der Waals surface area (Å²) in [4.78, 5) is 31.2. The van der Waals surface area contributed by atoms with E-state index in [-0.39, 0.29) is 18.0 Å². The molecule has 2 unspecified atom stereocenters. The quantitative estimate of drug-likeness (QED) is 0.848. The number of methoxy groups -OCH3 is 1. The number of amides is 2. The molecule has 134 valence electrons. The normalized spacial score (nSPS) is 18.6.